The first-order valence-electron chi connectivity index (χ1n) is 12.3. The van der Waals surface area contributed by atoms with Gasteiger partial charge in [0.15, 0.2) is 0 Å². The lowest BCUT2D eigenvalue weighted by atomic mass is 9.64. The standard InChI is InChI=1S/C25H46/c1-3-5-8-20-11-13-22(14-12-20)23-15-17-24(18-16-23)25-10-6-9-21(19-25)7-4-2/h20-25H,3-19H2,1-2H3/t20?,21-,22?,23?,24?,25+/m0/s1. The molecule has 0 bridgehead atoms. The lowest BCUT2D eigenvalue weighted by molar-refractivity contribution is 0.0984. The predicted molar refractivity (Wildman–Crippen MR) is 111 cm³/mol. The van der Waals surface area contributed by atoms with E-state index in [4.69, 9.17) is 0 Å². The number of hydrogen-bond acceptors (Lipinski definition) is 0. The van der Waals surface area contributed by atoms with Gasteiger partial charge in [0.25, 0.3) is 0 Å². The minimum absolute atomic E-state index is 1.08. The molecule has 0 nitrogen and oxygen atoms in total. The fourth-order valence-corrected chi connectivity index (χ4v) is 6.96. The summed E-state index contributed by atoms with van der Waals surface area (Å²) in [4.78, 5) is 0. The van der Waals surface area contributed by atoms with Gasteiger partial charge >= 0.3 is 0 Å². The van der Waals surface area contributed by atoms with E-state index in [-0.39, 0.29) is 0 Å². The van der Waals surface area contributed by atoms with E-state index in [0.717, 1.165) is 35.5 Å². The summed E-state index contributed by atoms with van der Waals surface area (Å²) < 4.78 is 0. The highest BCUT2D eigenvalue weighted by molar-refractivity contribution is 4.86. The van der Waals surface area contributed by atoms with Gasteiger partial charge in [0.2, 0.25) is 0 Å². The highest BCUT2D eigenvalue weighted by Gasteiger charge is 2.34. The maximum atomic E-state index is 2.38. The van der Waals surface area contributed by atoms with Crippen LogP contribution in [0.5, 0.6) is 0 Å². The van der Waals surface area contributed by atoms with Crippen LogP contribution in [0.15, 0.2) is 0 Å². The van der Waals surface area contributed by atoms with Crippen LogP contribution in [0.4, 0.5) is 0 Å². The third-order valence-corrected chi connectivity index (χ3v) is 8.53. The second kappa shape index (κ2) is 10.4. The zero-order chi connectivity index (χ0) is 17.5. The summed E-state index contributed by atoms with van der Waals surface area (Å²) in [6.45, 7) is 4.73. The van der Waals surface area contributed by atoms with Gasteiger partial charge in [0, 0.05) is 0 Å². The van der Waals surface area contributed by atoms with Crippen molar-refractivity contribution in [3.05, 3.63) is 0 Å². The Kier molecular flexibility index (Phi) is 8.19. The SMILES string of the molecule is CCCCC1CCC(C2CCC([C@@H]3CCC[C@H](CCC)C3)CC2)CC1. The average Bonchev–Trinajstić information content (AvgIpc) is 2.67. The summed E-state index contributed by atoms with van der Waals surface area (Å²) >= 11 is 0. The Morgan fingerprint density at radius 2 is 1.12 bits per heavy atom. The molecule has 0 saturated heterocycles. The summed E-state index contributed by atoms with van der Waals surface area (Å²) in [6, 6.07) is 0. The monoisotopic (exact) mass is 346 g/mol. The van der Waals surface area contributed by atoms with E-state index >= 15 is 0 Å². The number of hydrogen-bond donors (Lipinski definition) is 0. The molecule has 0 aliphatic heterocycles. The van der Waals surface area contributed by atoms with E-state index in [1.54, 1.807) is 70.6 Å². The first-order valence-corrected chi connectivity index (χ1v) is 12.3. The Morgan fingerprint density at radius 1 is 0.520 bits per heavy atom. The number of unbranched alkanes of at least 4 members (excludes halogenated alkanes) is 1. The topological polar surface area (TPSA) is 0 Å². The van der Waals surface area contributed by atoms with Gasteiger partial charge in [-0.15, -0.1) is 0 Å². The van der Waals surface area contributed by atoms with Gasteiger partial charge in [-0.25, -0.2) is 0 Å². The normalized spacial score (nSPS) is 40.1. The zero-order valence-electron chi connectivity index (χ0n) is 17.5. The van der Waals surface area contributed by atoms with Crippen molar-refractivity contribution >= 4 is 0 Å². The van der Waals surface area contributed by atoms with E-state index in [1.807, 2.05) is 0 Å². The van der Waals surface area contributed by atoms with E-state index in [1.165, 1.54) is 38.5 Å². The van der Waals surface area contributed by atoms with Crippen molar-refractivity contribution in [1.82, 2.24) is 0 Å². The average molecular weight is 347 g/mol. The molecule has 0 heteroatoms. The molecule has 3 rings (SSSR count). The third-order valence-electron chi connectivity index (χ3n) is 8.53. The van der Waals surface area contributed by atoms with Crippen molar-refractivity contribution in [3.8, 4) is 0 Å². The molecule has 3 saturated carbocycles. The smallest absolute Gasteiger partial charge is 0.0383 e. The van der Waals surface area contributed by atoms with Crippen LogP contribution in [0.25, 0.3) is 0 Å². The maximum Gasteiger partial charge on any atom is -0.0383 e. The molecule has 0 amide bonds. The quantitative estimate of drug-likeness (QED) is 0.434. The summed E-state index contributed by atoms with van der Waals surface area (Å²) in [5.41, 5.74) is 0. The first kappa shape index (κ1) is 19.8. The molecule has 0 aromatic heterocycles. The molecular weight excluding hydrogens is 300 g/mol. The van der Waals surface area contributed by atoms with Crippen LogP contribution in [0.3, 0.4) is 0 Å². The summed E-state index contributed by atoms with van der Waals surface area (Å²) in [7, 11) is 0. The lowest BCUT2D eigenvalue weighted by Crippen LogP contribution is -2.30. The second-order valence-electron chi connectivity index (χ2n) is 10.2. The van der Waals surface area contributed by atoms with Gasteiger partial charge < -0.3 is 0 Å². The van der Waals surface area contributed by atoms with Crippen LogP contribution >= 0.6 is 0 Å². The molecule has 25 heavy (non-hydrogen) atoms. The van der Waals surface area contributed by atoms with E-state index in [9.17, 15) is 0 Å². The van der Waals surface area contributed by atoms with Crippen molar-refractivity contribution in [2.45, 2.75) is 123 Å². The van der Waals surface area contributed by atoms with Gasteiger partial charge in [-0.05, 0) is 80.5 Å². The van der Waals surface area contributed by atoms with Gasteiger partial charge in [-0.1, -0.05) is 78.1 Å². The Hall–Kier alpha value is 0. The van der Waals surface area contributed by atoms with Crippen LogP contribution in [0.1, 0.15) is 123 Å². The van der Waals surface area contributed by atoms with Gasteiger partial charge in [0.05, 0.1) is 0 Å². The highest BCUT2D eigenvalue weighted by atomic mass is 14.4. The van der Waals surface area contributed by atoms with Crippen LogP contribution in [-0.4, -0.2) is 0 Å². The molecular formula is C25H46. The van der Waals surface area contributed by atoms with Gasteiger partial charge in [0.1, 0.15) is 0 Å². The molecule has 2 atom stereocenters. The second-order valence-corrected chi connectivity index (χ2v) is 10.2. The van der Waals surface area contributed by atoms with Crippen molar-refractivity contribution in [3.63, 3.8) is 0 Å². The maximum absolute atomic E-state index is 2.38. The Bertz CT molecular complexity index is 341. The fraction of sp³-hybridized carbons (Fsp3) is 1.00. The first-order chi connectivity index (χ1) is 12.3. The third kappa shape index (κ3) is 5.74. The van der Waals surface area contributed by atoms with Crippen LogP contribution < -0.4 is 0 Å². The Labute approximate surface area is 158 Å². The molecule has 0 heterocycles. The summed E-state index contributed by atoms with van der Waals surface area (Å²) in [5.74, 6) is 6.61. The predicted octanol–water partition coefficient (Wildman–Crippen LogP) is 8.40. The summed E-state index contributed by atoms with van der Waals surface area (Å²) in [5, 5.41) is 0. The largest absolute Gasteiger partial charge is 0.0654 e. The van der Waals surface area contributed by atoms with E-state index in [2.05, 4.69) is 13.8 Å². The molecule has 3 fully saturated rings. The number of rotatable bonds is 7. The molecule has 146 valence electrons. The molecule has 0 N–H and O–H groups in total. The lowest BCUT2D eigenvalue weighted by Gasteiger charge is -2.41. The molecule has 0 radical (unpaired) electrons. The van der Waals surface area contributed by atoms with Gasteiger partial charge in [-0.3, -0.25) is 0 Å². The molecule has 3 aliphatic rings. The van der Waals surface area contributed by atoms with Crippen LogP contribution in [-0.2, 0) is 0 Å². The minimum Gasteiger partial charge on any atom is -0.0654 e. The molecule has 0 spiro atoms. The summed E-state index contributed by atoms with van der Waals surface area (Å²) in [6.07, 6.45) is 26.2. The van der Waals surface area contributed by atoms with Crippen molar-refractivity contribution in [2.24, 2.45) is 35.5 Å². The van der Waals surface area contributed by atoms with E-state index < -0.39 is 0 Å². The molecule has 0 aromatic carbocycles. The Morgan fingerprint density at radius 3 is 1.72 bits per heavy atom. The zero-order valence-corrected chi connectivity index (χ0v) is 17.5. The molecule has 3 aliphatic carbocycles. The van der Waals surface area contributed by atoms with Crippen LogP contribution in [0, 0.1) is 35.5 Å². The molecule has 0 unspecified atom stereocenters. The van der Waals surface area contributed by atoms with E-state index in [0.29, 0.717) is 0 Å². The van der Waals surface area contributed by atoms with Crippen molar-refractivity contribution in [1.29, 1.82) is 0 Å². The Balaban J connectivity index is 1.37. The fourth-order valence-electron chi connectivity index (χ4n) is 6.96. The van der Waals surface area contributed by atoms with Gasteiger partial charge in [-0.2, -0.15) is 0 Å². The van der Waals surface area contributed by atoms with Crippen molar-refractivity contribution in [2.75, 3.05) is 0 Å². The minimum atomic E-state index is 1.08. The molecule has 0 aromatic rings. The van der Waals surface area contributed by atoms with Crippen LogP contribution in [0.2, 0.25) is 0 Å². The highest BCUT2D eigenvalue weighted by Crippen LogP contribution is 2.46. The van der Waals surface area contributed by atoms with Crippen molar-refractivity contribution < 1.29 is 0 Å².